The number of hydrogen-bond acceptors (Lipinski definition) is 8. The second kappa shape index (κ2) is 9.79. The molecule has 2 heterocycles. The van der Waals surface area contributed by atoms with Crippen LogP contribution in [0.2, 0.25) is 4.34 Å². The van der Waals surface area contributed by atoms with Crippen molar-refractivity contribution in [3.63, 3.8) is 0 Å². The van der Waals surface area contributed by atoms with Crippen LogP contribution in [-0.2, 0) is 20.8 Å². The number of aliphatic hydroxyl groups is 1. The van der Waals surface area contributed by atoms with Gasteiger partial charge >= 0.3 is 5.97 Å². The van der Waals surface area contributed by atoms with E-state index in [1.807, 2.05) is 6.07 Å². The van der Waals surface area contributed by atoms with Crippen LogP contribution >= 0.6 is 22.9 Å². The highest BCUT2D eigenvalue weighted by Gasteiger charge is 2.22. The number of methoxy groups -OCH3 is 1. The van der Waals surface area contributed by atoms with E-state index in [2.05, 4.69) is 15.1 Å². The topological polar surface area (TPSA) is 83.7 Å². The average molecular weight is 422 g/mol. The number of carbonyl (C=O) groups excluding carboxylic acids is 1. The third kappa shape index (κ3) is 5.17. The quantitative estimate of drug-likeness (QED) is 0.323. The molecule has 0 bridgehead atoms. The number of carbonyl (C=O) groups is 1. The number of ether oxygens (including phenoxy) is 2. The van der Waals surface area contributed by atoms with Crippen molar-refractivity contribution in [3.05, 3.63) is 56.9 Å². The molecule has 1 saturated heterocycles. The van der Waals surface area contributed by atoms with Crippen LogP contribution in [0.5, 0.6) is 0 Å². The Morgan fingerprint density at radius 2 is 2.04 bits per heavy atom. The fourth-order valence-corrected chi connectivity index (χ4v) is 4.01. The van der Waals surface area contributed by atoms with Crippen LogP contribution in [0.25, 0.3) is 5.76 Å². The van der Waals surface area contributed by atoms with Gasteiger partial charge in [-0.25, -0.2) is 4.79 Å². The van der Waals surface area contributed by atoms with Gasteiger partial charge in [-0.1, -0.05) is 29.8 Å². The molecule has 1 N–H and O–H groups in total. The largest absolute Gasteiger partial charge is 0.505 e. The van der Waals surface area contributed by atoms with Gasteiger partial charge in [0.2, 0.25) is 5.70 Å². The molecule has 28 heavy (non-hydrogen) atoms. The van der Waals surface area contributed by atoms with Crippen molar-refractivity contribution in [2.24, 2.45) is 10.2 Å². The third-order valence-electron chi connectivity index (χ3n) is 4.10. The molecule has 1 aromatic carbocycles. The van der Waals surface area contributed by atoms with Gasteiger partial charge in [-0.15, -0.1) is 16.5 Å². The summed E-state index contributed by atoms with van der Waals surface area (Å²) in [6.07, 6.45) is 0. The number of azo groups is 1. The molecule has 1 aliphatic rings. The number of hydrogen-bond donors (Lipinski definition) is 1. The predicted octanol–water partition coefficient (Wildman–Crippen LogP) is 4.42. The molecule has 1 aromatic heterocycles. The second-order valence-electron chi connectivity index (χ2n) is 6.01. The summed E-state index contributed by atoms with van der Waals surface area (Å²) in [6.45, 7) is 3.77. The van der Waals surface area contributed by atoms with E-state index in [4.69, 9.17) is 21.1 Å². The molecular formula is C19H20ClN3O4S. The fraction of sp³-hybridized carbons (Fsp3) is 0.316. The number of esters is 1. The lowest BCUT2D eigenvalue weighted by atomic mass is 10.2. The maximum absolute atomic E-state index is 12.1. The first-order valence-corrected chi connectivity index (χ1v) is 9.85. The zero-order valence-electron chi connectivity index (χ0n) is 15.3. The summed E-state index contributed by atoms with van der Waals surface area (Å²) in [5.74, 6) is -1.16. The first kappa shape index (κ1) is 20.5. The Balaban J connectivity index is 1.87. The zero-order valence-corrected chi connectivity index (χ0v) is 16.9. The SMILES string of the molecule is COC(=O)/C(N=Nc1ccccc1)=C(\O)c1cc(CN2CCOCC2)sc1Cl. The molecule has 0 spiro atoms. The van der Waals surface area contributed by atoms with E-state index in [-0.39, 0.29) is 11.5 Å². The maximum atomic E-state index is 12.1. The van der Waals surface area contributed by atoms with Crippen molar-refractivity contribution in [3.8, 4) is 0 Å². The Morgan fingerprint density at radius 3 is 2.71 bits per heavy atom. The monoisotopic (exact) mass is 421 g/mol. The summed E-state index contributed by atoms with van der Waals surface area (Å²) in [5.41, 5.74) is 0.576. The molecule has 0 unspecified atom stereocenters. The lowest BCUT2D eigenvalue weighted by Gasteiger charge is -2.25. The van der Waals surface area contributed by atoms with E-state index in [0.717, 1.165) is 18.0 Å². The third-order valence-corrected chi connectivity index (χ3v) is 5.44. The van der Waals surface area contributed by atoms with Crippen molar-refractivity contribution < 1.29 is 19.4 Å². The van der Waals surface area contributed by atoms with Crippen LogP contribution in [0.1, 0.15) is 10.4 Å². The molecule has 0 radical (unpaired) electrons. The summed E-state index contributed by atoms with van der Waals surface area (Å²) >= 11 is 7.68. The van der Waals surface area contributed by atoms with E-state index in [0.29, 0.717) is 35.3 Å². The Kier molecular flexibility index (Phi) is 7.16. The number of thiophene rings is 1. The molecule has 9 heteroatoms. The molecule has 0 amide bonds. The van der Waals surface area contributed by atoms with Crippen LogP contribution in [-0.4, -0.2) is 49.4 Å². The van der Waals surface area contributed by atoms with E-state index < -0.39 is 5.97 Å². The Bertz CT molecular complexity index is 877. The number of nitrogens with zero attached hydrogens (tertiary/aromatic N) is 3. The minimum Gasteiger partial charge on any atom is -0.505 e. The minimum absolute atomic E-state index is 0.302. The van der Waals surface area contributed by atoms with Crippen molar-refractivity contribution in [2.45, 2.75) is 6.54 Å². The summed E-state index contributed by atoms with van der Waals surface area (Å²) in [5, 5.41) is 18.6. The molecule has 2 aromatic rings. The predicted molar refractivity (Wildman–Crippen MR) is 108 cm³/mol. The minimum atomic E-state index is -0.797. The van der Waals surface area contributed by atoms with Gasteiger partial charge in [0.25, 0.3) is 0 Å². The maximum Gasteiger partial charge on any atom is 0.362 e. The number of halogens is 1. The number of rotatable bonds is 6. The van der Waals surface area contributed by atoms with Crippen molar-refractivity contribution in [2.75, 3.05) is 33.4 Å². The van der Waals surface area contributed by atoms with Gasteiger partial charge in [0, 0.05) is 30.1 Å². The van der Waals surface area contributed by atoms with E-state index >= 15 is 0 Å². The number of benzene rings is 1. The molecule has 0 aliphatic carbocycles. The molecule has 0 saturated carbocycles. The van der Waals surface area contributed by atoms with E-state index in [1.165, 1.54) is 18.4 Å². The van der Waals surface area contributed by atoms with Crippen LogP contribution in [0.3, 0.4) is 0 Å². The Hall–Kier alpha value is -2.26. The van der Waals surface area contributed by atoms with Crippen LogP contribution < -0.4 is 0 Å². The normalized spacial score (nSPS) is 16.2. The molecule has 7 nitrogen and oxygen atoms in total. The van der Waals surface area contributed by atoms with Gasteiger partial charge in [-0.2, -0.15) is 5.11 Å². The fourth-order valence-electron chi connectivity index (χ4n) is 2.65. The highest BCUT2D eigenvalue weighted by atomic mass is 35.5. The highest BCUT2D eigenvalue weighted by Crippen LogP contribution is 2.34. The van der Waals surface area contributed by atoms with Crippen LogP contribution in [0.4, 0.5) is 5.69 Å². The summed E-state index contributed by atoms with van der Waals surface area (Å²) < 4.78 is 10.5. The van der Waals surface area contributed by atoms with Crippen LogP contribution in [0, 0.1) is 0 Å². The highest BCUT2D eigenvalue weighted by molar-refractivity contribution is 7.16. The summed E-state index contributed by atoms with van der Waals surface area (Å²) in [7, 11) is 1.22. The van der Waals surface area contributed by atoms with E-state index in [1.54, 1.807) is 30.3 Å². The molecule has 0 atom stereocenters. The number of morpholine rings is 1. The van der Waals surface area contributed by atoms with Crippen molar-refractivity contribution in [1.29, 1.82) is 0 Å². The smallest absolute Gasteiger partial charge is 0.362 e. The first-order chi connectivity index (χ1) is 13.6. The Morgan fingerprint density at radius 1 is 1.32 bits per heavy atom. The molecule has 1 fully saturated rings. The van der Waals surface area contributed by atoms with Gasteiger partial charge < -0.3 is 14.6 Å². The van der Waals surface area contributed by atoms with Gasteiger partial charge in [0.05, 0.1) is 26.0 Å². The summed E-state index contributed by atoms with van der Waals surface area (Å²) in [4.78, 5) is 15.3. The molecular weight excluding hydrogens is 402 g/mol. The van der Waals surface area contributed by atoms with E-state index in [9.17, 15) is 9.90 Å². The van der Waals surface area contributed by atoms with Gasteiger partial charge in [0.1, 0.15) is 4.34 Å². The lowest BCUT2D eigenvalue weighted by molar-refractivity contribution is -0.136. The van der Waals surface area contributed by atoms with Crippen molar-refractivity contribution >= 4 is 40.4 Å². The standard InChI is InChI=1S/C19H20ClN3O4S/c1-26-19(25)16(22-21-13-5-3-2-4-6-13)17(24)15-11-14(28-18(15)20)12-23-7-9-27-10-8-23/h2-6,11,24H,7-10,12H2,1H3/b17-16+,22-21?. The van der Waals surface area contributed by atoms with Crippen molar-refractivity contribution in [1.82, 2.24) is 4.90 Å². The molecule has 3 rings (SSSR count). The summed E-state index contributed by atoms with van der Waals surface area (Å²) in [6, 6.07) is 10.7. The zero-order chi connectivity index (χ0) is 19.9. The van der Waals surface area contributed by atoms with Gasteiger partial charge in [-0.05, 0) is 18.2 Å². The first-order valence-electron chi connectivity index (χ1n) is 8.65. The second-order valence-corrected chi connectivity index (χ2v) is 7.75. The van der Waals surface area contributed by atoms with Gasteiger partial charge in [0.15, 0.2) is 5.76 Å². The average Bonchev–Trinajstić information content (AvgIpc) is 3.09. The molecule has 148 valence electrons. The Labute approximate surface area is 171 Å². The van der Waals surface area contributed by atoms with Crippen LogP contribution in [0.15, 0.2) is 52.3 Å². The molecule has 1 aliphatic heterocycles. The lowest BCUT2D eigenvalue weighted by Crippen LogP contribution is -2.35. The van der Waals surface area contributed by atoms with Gasteiger partial charge in [-0.3, -0.25) is 4.90 Å². The number of aliphatic hydroxyl groups excluding tert-OH is 1.